The topological polar surface area (TPSA) is 89.0 Å². The molecular formula is C15H16F3N5O2. The highest BCUT2D eigenvalue weighted by Crippen LogP contribution is 2.24. The fourth-order valence-corrected chi connectivity index (χ4v) is 1.72. The Morgan fingerprint density at radius 2 is 1.72 bits per heavy atom. The van der Waals surface area contributed by atoms with Crippen LogP contribution < -0.4 is 15.4 Å². The summed E-state index contributed by atoms with van der Waals surface area (Å²) >= 11 is 0. The van der Waals surface area contributed by atoms with Crippen LogP contribution in [0.3, 0.4) is 0 Å². The number of ketones is 1. The molecule has 0 aliphatic rings. The van der Waals surface area contributed by atoms with Gasteiger partial charge in [-0.1, -0.05) is 0 Å². The number of halogens is 3. The van der Waals surface area contributed by atoms with Crippen LogP contribution in [-0.2, 0) is 0 Å². The summed E-state index contributed by atoms with van der Waals surface area (Å²) in [7, 11) is 1.51. The molecule has 1 atom stereocenters. The summed E-state index contributed by atoms with van der Waals surface area (Å²) in [5.74, 6) is -0.0393. The van der Waals surface area contributed by atoms with Crippen LogP contribution in [0, 0.1) is 0 Å². The first-order valence-electron chi connectivity index (χ1n) is 7.24. The zero-order chi connectivity index (χ0) is 18.6. The van der Waals surface area contributed by atoms with Crippen LogP contribution in [0.25, 0.3) is 0 Å². The fourth-order valence-electron chi connectivity index (χ4n) is 1.72. The molecule has 2 N–H and O–H groups in total. The van der Waals surface area contributed by atoms with E-state index in [4.69, 9.17) is 4.74 Å². The molecule has 1 heterocycles. The summed E-state index contributed by atoms with van der Waals surface area (Å²) in [5, 5.41) is 5.44. The zero-order valence-corrected chi connectivity index (χ0v) is 13.7. The standard InChI is InChI=1S/C15H16F3N5O2/c1-8(24)10-4-6-11(7-5-10)20-13-21-12(19-3)22-14(23-13)25-9(2)15(16,17)18/h4-7,9H,1-3H3,(H2,19,20,21,22,23). The van der Waals surface area contributed by atoms with Crippen molar-refractivity contribution >= 4 is 23.4 Å². The van der Waals surface area contributed by atoms with E-state index in [0.29, 0.717) is 11.3 Å². The third-order valence-corrected chi connectivity index (χ3v) is 3.13. The Bertz CT molecular complexity index is 750. The van der Waals surface area contributed by atoms with E-state index in [1.165, 1.54) is 14.0 Å². The Hall–Kier alpha value is -2.91. The van der Waals surface area contributed by atoms with Gasteiger partial charge in [0.2, 0.25) is 11.9 Å². The molecule has 0 aliphatic carbocycles. The molecule has 1 aromatic heterocycles. The van der Waals surface area contributed by atoms with Crippen molar-refractivity contribution in [3.8, 4) is 6.01 Å². The van der Waals surface area contributed by atoms with Gasteiger partial charge < -0.3 is 15.4 Å². The number of carbonyl (C=O) groups is 1. The zero-order valence-electron chi connectivity index (χ0n) is 13.7. The Morgan fingerprint density at radius 3 is 2.24 bits per heavy atom. The average Bonchev–Trinajstić information content (AvgIpc) is 2.54. The van der Waals surface area contributed by atoms with Crippen molar-refractivity contribution in [2.75, 3.05) is 17.7 Å². The first-order valence-corrected chi connectivity index (χ1v) is 7.24. The summed E-state index contributed by atoms with van der Waals surface area (Å²) < 4.78 is 42.6. The molecule has 1 aromatic carbocycles. The van der Waals surface area contributed by atoms with Crippen LogP contribution in [-0.4, -0.2) is 40.1 Å². The number of hydrogen-bond donors (Lipinski definition) is 2. The third-order valence-electron chi connectivity index (χ3n) is 3.13. The second-order valence-corrected chi connectivity index (χ2v) is 5.08. The van der Waals surface area contributed by atoms with Crippen molar-refractivity contribution in [3.05, 3.63) is 29.8 Å². The summed E-state index contributed by atoms with van der Waals surface area (Å²) in [6.07, 6.45) is -6.61. The minimum atomic E-state index is -4.54. The summed E-state index contributed by atoms with van der Waals surface area (Å²) in [6.45, 7) is 2.30. The molecule has 0 saturated carbocycles. The fraction of sp³-hybridized carbons (Fsp3) is 0.333. The summed E-state index contributed by atoms with van der Waals surface area (Å²) in [6, 6.07) is 5.99. The number of Topliss-reactive ketones (excluding diaryl/α,β-unsaturated/α-hetero) is 1. The number of rotatable bonds is 6. The molecule has 0 bridgehead atoms. The van der Waals surface area contributed by atoms with E-state index in [9.17, 15) is 18.0 Å². The summed E-state index contributed by atoms with van der Waals surface area (Å²) in [4.78, 5) is 22.8. The number of aromatic nitrogens is 3. The number of nitrogens with zero attached hydrogens (tertiary/aromatic N) is 3. The minimum absolute atomic E-state index is 0.000649. The lowest BCUT2D eigenvalue weighted by atomic mass is 10.1. The maximum absolute atomic E-state index is 12.6. The number of anilines is 3. The van der Waals surface area contributed by atoms with Crippen LogP contribution in [0.1, 0.15) is 24.2 Å². The van der Waals surface area contributed by atoms with E-state index in [1.807, 2.05) is 0 Å². The molecule has 0 saturated heterocycles. The van der Waals surface area contributed by atoms with Gasteiger partial charge in [-0.15, -0.1) is 0 Å². The van der Waals surface area contributed by atoms with Crippen molar-refractivity contribution in [1.82, 2.24) is 15.0 Å². The Labute approximate surface area is 141 Å². The van der Waals surface area contributed by atoms with Gasteiger partial charge in [-0.05, 0) is 38.1 Å². The number of nitrogens with one attached hydrogen (secondary N) is 2. The monoisotopic (exact) mass is 355 g/mol. The number of alkyl halides is 3. The van der Waals surface area contributed by atoms with Gasteiger partial charge in [0.25, 0.3) is 0 Å². The normalized spacial score (nSPS) is 12.4. The van der Waals surface area contributed by atoms with Gasteiger partial charge in [-0.3, -0.25) is 4.79 Å². The first-order chi connectivity index (χ1) is 11.7. The molecule has 2 rings (SSSR count). The Morgan fingerprint density at radius 1 is 1.12 bits per heavy atom. The lowest BCUT2D eigenvalue weighted by Crippen LogP contribution is -2.32. The maximum atomic E-state index is 12.6. The van der Waals surface area contributed by atoms with E-state index < -0.39 is 18.3 Å². The molecule has 0 fully saturated rings. The highest BCUT2D eigenvalue weighted by atomic mass is 19.4. The lowest BCUT2D eigenvalue weighted by molar-refractivity contribution is -0.190. The molecule has 0 aliphatic heterocycles. The quantitative estimate of drug-likeness (QED) is 0.769. The van der Waals surface area contributed by atoms with Gasteiger partial charge in [-0.2, -0.15) is 28.1 Å². The van der Waals surface area contributed by atoms with E-state index in [2.05, 4.69) is 25.6 Å². The molecule has 0 radical (unpaired) electrons. The Balaban J connectivity index is 2.22. The molecule has 0 amide bonds. The maximum Gasteiger partial charge on any atom is 0.425 e. The molecule has 0 spiro atoms. The predicted octanol–water partition coefficient (Wildman–Crippen LogP) is 3.19. The third kappa shape index (κ3) is 5.03. The van der Waals surface area contributed by atoms with E-state index in [-0.39, 0.29) is 17.7 Å². The molecule has 1 unspecified atom stereocenters. The molecule has 25 heavy (non-hydrogen) atoms. The van der Waals surface area contributed by atoms with Crippen LogP contribution in [0.4, 0.5) is 30.8 Å². The smallest absolute Gasteiger partial charge is 0.425 e. The summed E-state index contributed by atoms with van der Waals surface area (Å²) in [5.41, 5.74) is 1.08. The highest BCUT2D eigenvalue weighted by Gasteiger charge is 2.38. The molecule has 2 aromatic rings. The van der Waals surface area contributed by atoms with Crippen LogP contribution in [0.15, 0.2) is 24.3 Å². The first kappa shape index (κ1) is 18.4. The Kier molecular flexibility index (Phi) is 5.40. The second-order valence-electron chi connectivity index (χ2n) is 5.08. The minimum Gasteiger partial charge on any atom is -0.451 e. The largest absolute Gasteiger partial charge is 0.451 e. The van der Waals surface area contributed by atoms with E-state index >= 15 is 0 Å². The van der Waals surface area contributed by atoms with Crippen LogP contribution in [0.2, 0.25) is 0 Å². The van der Waals surface area contributed by atoms with Gasteiger partial charge in [0.1, 0.15) is 0 Å². The van der Waals surface area contributed by atoms with Gasteiger partial charge in [0.05, 0.1) is 0 Å². The van der Waals surface area contributed by atoms with Crippen molar-refractivity contribution in [3.63, 3.8) is 0 Å². The lowest BCUT2D eigenvalue weighted by Gasteiger charge is -2.17. The second kappa shape index (κ2) is 7.32. The molecule has 7 nitrogen and oxygen atoms in total. The van der Waals surface area contributed by atoms with Crippen molar-refractivity contribution in [2.24, 2.45) is 0 Å². The molecule has 134 valence electrons. The van der Waals surface area contributed by atoms with Gasteiger partial charge in [0.15, 0.2) is 11.9 Å². The van der Waals surface area contributed by atoms with Gasteiger partial charge >= 0.3 is 12.2 Å². The van der Waals surface area contributed by atoms with Crippen molar-refractivity contribution in [1.29, 1.82) is 0 Å². The number of carbonyl (C=O) groups excluding carboxylic acids is 1. The molecular weight excluding hydrogens is 339 g/mol. The SMILES string of the molecule is CNc1nc(Nc2ccc(C(C)=O)cc2)nc(OC(C)C(F)(F)F)n1. The van der Waals surface area contributed by atoms with E-state index in [1.54, 1.807) is 24.3 Å². The van der Waals surface area contributed by atoms with Crippen molar-refractivity contribution in [2.45, 2.75) is 26.1 Å². The number of benzene rings is 1. The van der Waals surface area contributed by atoms with E-state index in [0.717, 1.165) is 6.92 Å². The van der Waals surface area contributed by atoms with Crippen LogP contribution >= 0.6 is 0 Å². The van der Waals surface area contributed by atoms with Crippen LogP contribution in [0.5, 0.6) is 6.01 Å². The van der Waals surface area contributed by atoms with Crippen molar-refractivity contribution < 1.29 is 22.7 Å². The van der Waals surface area contributed by atoms with Gasteiger partial charge in [0, 0.05) is 18.3 Å². The number of ether oxygens (including phenoxy) is 1. The molecule has 10 heteroatoms. The average molecular weight is 355 g/mol. The van der Waals surface area contributed by atoms with Gasteiger partial charge in [-0.25, -0.2) is 0 Å². The number of hydrogen-bond acceptors (Lipinski definition) is 7. The predicted molar refractivity (Wildman–Crippen MR) is 85.2 cm³/mol. The highest BCUT2D eigenvalue weighted by molar-refractivity contribution is 5.94.